The predicted molar refractivity (Wildman–Crippen MR) is 63.8 cm³/mol. The maximum atomic E-state index is 4.66. The highest BCUT2D eigenvalue weighted by atomic mass is 14.9. The number of nitrogens with zero attached hydrogens (tertiary/aromatic N) is 1. The van der Waals surface area contributed by atoms with Gasteiger partial charge in [0.15, 0.2) is 0 Å². The van der Waals surface area contributed by atoms with Crippen molar-refractivity contribution in [2.75, 3.05) is 13.1 Å². The summed E-state index contributed by atoms with van der Waals surface area (Å²) in [6.07, 6.45) is 4.48. The smallest absolute Gasteiger partial charge is 0.0674 e. The van der Waals surface area contributed by atoms with Gasteiger partial charge < -0.3 is 5.32 Å². The fourth-order valence-corrected chi connectivity index (χ4v) is 1.98. The molecule has 1 aliphatic rings. The Morgan fingerprint density at radius 2 is 2.27 bits per heavy atom. The van der Waals surface area contributed by atoms with Crippen LogP contribution in [0.5, 0.6) is 0 Å². The minimum absolute atomic E-state index is 0.956. The van der Waals surface area contributed by atoms with Gasteiger partial charge in [0.1, 0.15) is 0 Å². The first-order valence-electron chi connectivity index (χ1n) is 5.68. The minimum atomic E-state index is 0.956. The molecule has 0 fully saturated rings. The number of aryl methyl sites for hydroxylation is 2. The van der Waals surface area contributed by atoms with Gasteiger partial charge in [0.05, 0.1) is 5.69 Å². The topological polar surface area (TPSA) is 24.9 Å². The van der Waals surface area contributed by atoms with Crippen molar-refractivity contribution in [2.24, 2.45) is 0 Å². The summed E-state index contributed by atoms with van der Waals surface area (Å²) in [6.45, 7) is 6.32. The summed E-state index contributed by atoms with van der Waals surface area (Å²) in [5.41, 5.74) is 4.99. The first-order valence-corrected chi connectivity index (χ1v) is 5.68. The highest BCUT2D eigenvalue weighted by Crippen LogP contribution is 2.17. The third-order valence-corrected chi connectivity index (χ3v) is 2.93. The van der Waals surface area contributed by atoms with Crippen LogP contribution in [-0.2, 0) is 6.42 Å². The first-order chi connectivity index (χ1) is 7.31. The van der Waals surface area contributed by atoms with Crippen LogP contribution in [0.4, 0.5) is 0 Å². The summed E-state index contributed by atoms with van der Waals surface area (Å²) in [7, 11) is 0. The highest BCUT2D eigenvalue weighted by molar-refractivity contribution is 5.65. The molecule has 0 saturated carbocycles. The highest BCUT2D eigenvalue weighted by Gasteiger charge is 2.07. The van der Waals surface area contributed by atoms with E-state index in [1.807, 2.05) is 0 Å². The molecule has 2 heteroatoms. The molecule has 1 aliphatic heterocycles. The molecule has 0 spiro atoms. The van der Waals surface area contributed by atoms with E-state index in [1.165, 1.54) is 16.8 Å². The summed E-state index contributed by atoms with van der Waals surface area (Å²) in [6, 6.07) is 4.35. The van der Waals surface area contributed by atoms with Crippen LogP contribution in [0.15, 0.2) is 18.2 Å². The number of hydrogen-bond acceptors (Lipinski definition) is 2. The van der Waals surface area contributed by atoms with Gasteiger partial charge in [0, 0.05) is 12.2 Å². The van der Waals surface area contributed by atoms with Crippen LogP contribution in [-0.4, -0.2) is 18.1 Å². The fraction of sp³-hybridized carbons (Fsp3) is 0.462. The van der Waals surface area contributed by atoms with Gasteiger partial charge >= 0.3 is 0 Å². The molecule has 0 radical (unpaired) electrons. The second-order valence-electron chi connectivity index (χ2n) is 3.99. The summed E-state index contributed by atoms with van der Waals surface area (Å²) in [4.78, 5) is 4.66. The molecule has 2 rings (SSSR count). The third-order valence-electron chi connectivity index (χ3n) is 2.93. The number of aromatic nitrogens is 1. The molecule has 0 aromatic carbocycles. The number of nitrogens with one attached hydrogen (secondary N) is 1. The van der Waals surface area contributed by atoms with Crippen molar-refractivity contribution in [3.05, 3.63) is 35.2 Å². The molecule has 0 atom stereocenters. The van der Waals surface area contributed by atoms with E-state index in [-0.39, 0.29) is 0 Å². The molecule has 80 valence electrons. The van der Waals surface area contributed by atoms with Crippen LogP contribution in [0, 0.1) is 6.92 Å². The molecule has 1 N–H and O–H groups in total. The zero-order valence-electron chi connectivity index (χ0n) is 9.51. The summed E-state index contributed by atoms with van der Waals surface area (Å²) in [5.74, 6) is 0. The van der Waals surface area contributed by atoms with Crippen molar-refractivity contribution < 1.29 is 0 Å². The molecule has 1 aromatic rings. The normalized spacial score (nSPS) is 16.3. The third kappa shape index (κ3) is 2.26. The van der Waals surface area contributed by atoms with E-state index in [4.69, 9.17) is 0 Å². The van der Waals surface area contributed by atoms with Crippen LogP contribution < -0.4 is 5.32 Å². The standard InChI is InChI=1S/C13H18N2/c1-3-11-6-7-13(15-10(11)2)12-5-4-8-14-9-12/h5-7,14H,3-4,8-9H2,1-2H3. The predicted octanol–water partition coefficient (Wildman–Crippen LogP) is 2.33. The molecule has 0 aliphatic carbocycles. The molecule has 0 unspecified atom stereocenters. The average molecular weight is 202 g/mol. The Balaban J connectivity index is 2.29. The second kappa shape index (κ2) is 4.58. The Kier molecular flexibility index (Phi) is 3.17. The van der Waals surface area contributed by atoms with Crippen LogP contribution in [0.2, 0.25) is 0 Å². The molecular formula is C13H18N2. The lowest BCUT2D eigenvalue weighted by atomic mass is 10.0. The van der Waals surface area contributed by atoms with Gasteiger partial charge in [-0.25, -0.2) is 0 Å². The Bertz CT molecular complexity index is 380. The number of rotatable bonds is 2. The lowest BCUT2D eigenvalue weighted by Gasteiger charge is -2.14. The van der Waals surface area contributed by atoms with E-state index in [0.29, 0.717) is 0 Å². The molecule has 1 aromatic heterocycles. The maximum absolute atomic E-state index is 4.66. The van der Waals surface area contributed by atoms with Gasteiger partial charge in [0.25, 0.3) is 0 Å². The monoisotopic (exact) mass is 202 g/mol. The van der Waals surface area contributed by atoms with Crippen LogP contribution >= 0.6 is 0 Å². The number of pyridine rings is 1. The van der Waals surface area contributed by atoms with E-state index in [0.717, 1.165) is 31.6 Å². The Morgan fingerprint density at radius 3 is 2.87 bits per heavy atom. The van der Waals surface area contributed by atoms with Gasteiger partial charge in [-0.15, -0.1) is 0 Å². The Hall–Kier alpha value is -1.15. The van der Waals surface area contributed by atoms with E-state index >= 15 is 0 Å². The van der Waals surface area contributed by atoms with Crippen molar-refractivity contribution >= 4 is 5.57 Å². The molecular weight excluding hydrogens is 184 g/mol. The van der Waals surface area contributed by atoms with Crippen LogP contribution in [0.1, 0.15) is 30.3 Å². The molecule has 2 heterocycles. The van der Waals surface area contributed by atoms with Gasteiger partial charge in [-0.05, 0) is 43.5 Å². The van der Waals surface area contributed by atoms with Gasteiger partial charge in [-0.1, -0.05) is 19.1 Å². The van der Waals surface area contributed by atoms with Crippen molar-refractivity contribution in [3.8, 4) is 0 Å². The molecule has 0 amide bonds. The van der Waals surface area contributed by atoms with E-state index in [9.17, 15) is 0 Å². The van der Waals surface area contributed by atoms with Crippen LogP contribution in [0.3, 0.4) is 0 Å². The van der Waals surface area contributed by atoms with Gasteiger partial charge in [-0.3, -0.25) is 4.98 Å². The van der Waals surface area contributed by atoms with E-state index < -0.39 is 0 Å². The van der Waals surface area contributed by atoms with E-state index in [2.05, 4.69) is 42.4 Å². The Labute approximate surface area is 91.4 Å². The zero-order chi connectivity index (χ0) is 10.7. The quantitative estimate of drug-likeness (QED) is 0.796. The lowest BCUT2D eigenvalue weighted by Crippen LogP contribution is -2.22. The molecule has 2 nitrogen and oxygen atoms in total. The molecule has 0 saturated heterocycles. The van der Waals surface area contributed by atoms with Crippen molar-refractivity contribution in [3.63, 3.8) is 0 Å². The molecule has 0 bridgehead atoms. The summed E-state index contributed by atoms with van der Waals surface area (Å²) >= 11 is 0. The van der Waals surface area contributed by atoms with Crippen molar-refractivity contribution in [1.82, 2.24) is 10.3 Å². The first kappa shape index (κ1) is 10.4. The van der Waals surface area contributed by atoms with E-state index in [1.54, 1.807) is 0 Å². The fourth-order valence-electron chi connectivity index (χ4n) is 1.98. The van der Waals surface area contributed by atoms with Crippen molar-refractivity contribution in [1.29, 1.82) is 0 Å². The Morgan fingerprint density at radius 1 is 1.40 bits per heavy atom. The summed E-state index contributed by atoms with van der Waals surface area (Å²) in [5, 5.41) is 3.37. The maximum Gasteiger partial charge on any atom is 0.0674 e. The average Bonchev–Trinajstić information content (AvgIpc) is 2.30. The minimum Gasteiger partial charge on any atom is -0.312 e. The van der Waals surface area contributed by atoms with Gasteiger partial charge in [-0.2, -0.15) is 0 Å². The number of hydrogen-bond donors (Lipinski definition) is 1. The SMILES string of the molecule is CCc1ccc(C2=CCCNC2)nc1C. The lowest BCUT2D eigenvalue weighted by molar-refractivity contribution is 0.737. The largest absolute Gasteiger partial charge is 0.312 e. The van der Waals surface area contributed by atoms with Crippen LogP contribution in [0.25, 0.3) is 5.57 Å². The second-order valence-corrected chi connectivity index (χ2v) is 3.99. The van der Waals surface area contributed by atoms with Gasteiger partial charge in [0.2, 0.25) is 0 Å². The molecule has 15 heavy (non-hydrogen) atoms. The zero-order valence-corrected chi connectivity index (χ0v) is 9.51. The van der Waals surface area contributed by atoms with Crippen molar-refractivity contribution in [2.45, 2.75) is 26.7 Å². The summed E-state index contributed by atoms with van der Waals surface area (Å²) < 4.78 is 0.